The average molecular weight is 779 g/mol. The summed E-state index contributed by atoms with van der Waals surface area (Å²) in [5, 5.41) is 0.768. The number of carbonyl (C=O) groups is 2. The number of amides is 2. The minimum atomic E-state index is -0.484. The molecule has 10 heteroatoms. The van der Waals surface area contributed by atoms with E-state index < -0.39 is 5.60 Å². The Kier molecular flexibility index (Phi) is 10.7. The number of aryl methyl sites for hydroxylation is 1. The number of hydrogen-bond donors (Lipinski definition) is 0. The van der Waals surface area contributed by atoms with Crippen molar-refractivity contribution in [2.24, 2.45) is 17.8 Å². The summed E-state index contributed by atoms with van der Waals surface area (Å²) in [6.07, 6.45) is 10.5. The van der Waals surface area contributed by atoms with Gasteiger partial charge in [-0.25, -0.2) is 4.79 Å². The number of piperidine rings is 3. The number of rotatable bonds is 4. The van der Waals surface area contributed by atoms with Crippen LogP contribution < -0.4 is 0 Å². The molecule has 2 amide bonds. The van der Waals surface area contributed by atoms with Crippen LogP contribution in [0.2, 0.25) is 5.02 Å². The van der Waals surface area contributed by atoms with Crippen molar-refractivity contribution in [1.82, 2.24) is 19.7 Å². The zero-order valence-electron chi connectivity index (χ0n) is 27.4. The van der Waals surface area contributed by atoms with Gasteiger partial charge in [0, 0.05) is 47.7 Å². The molecule has 0 bridgehead atoms. The van der Waals surface area contributed by atoms with E-state index in [0.717, 1.165) is 78.7 Å². The van der Waals surface area contributed by atoms with Crippen LogP contribution in [-0.4, -0.2) is 76.6 Å². The lowest BCUT2D eigenvalue weighted by atomic mass is 9.78. The number of carbonyl (C=O) groups excluding carboxylic acids is 2. The highest BCUT2D eigenvalue weighted by Crippen LogP contribution is 2.43. The molecule has 7 nitrogen and oxygen atoms in total. The minimum absolute atomic E-state index is 0.130. The van der Waals surface area contributed by atoms with Crippen LogP contribution in [-0.2, 0) is 22.4 Å². The second kappa shape index (κ2) is 14.4. The lowest BCUT2D eigenvalue weighted by Crippen LogP contribution is -2.45. The van der Waals surface area contributed by atoms with Gasteiger partial charge in [-0.3, -0.25) is 14.7 Å². The van der Waals surface area contributed by atoms with Crippen molar-refractivity contribution in [2.75, 3.05) is 39.3 Å². The molecule has 46 heavy (non-hydrogen) atoms. The van der Waals surface area contributed by atoms with Gasteiger partial charge in [-0.05, 0) is 164 Å². The van der Waals surface area contributed by atoms with Gasteiger partial charge in [0.2, 0.25) is 5.91 Å². The third kappa shape index (κ3) is 7.79. The summed E-state index contributed by atoms with van der Waals surface area (Å²) in [5.41, 5.74) is 4.64. The number of nitrogens with zero attached hydrogens (tertiary/aromatic N) is 4. The van der Waals surface area contributed by atoms with E-state index in [1.807, 2.05) is 33.0 Å². The fourth-order valence-electron chi connectivity index (χ4n) is 8.12. The van der Waals surface area contributed by atoms with Crippen LogP contribution in [0.1, 0.15) is 94.1 Å². The Morgan fingerprint density at radius 1 is 0.913 bits per heavy atom. The fraction of sp³-hybridized carbons (Fsp3) is 0.639. The van der Waals surface area contributed by atoms with Crippen LogP contribution in [0.4, 0.5) is 4.79 Å². The van der Waals surface area contributed by atoms with E-state index >= 15 is 0 Å². The van der Waals surface area contributed by atoms with E-state index in [2.05, 4.69) is 53.8 Å². The second-order valence-corrected chi connectivity index (χ2v) is 16.9. The molecule has 4 heterocycles. The molecule has 4 aliphatic rings. The molecule has 1 aromatic carbocycles. The van der Waals surface area contributed by atoms with Gasteiger partial charge in [0.1, 0.15) is 5.60 Å². The molecule has 3 aliphatic heterocycles. The summed E-state index contributed by atoms with van der Waals surface area (Å²) >= 11 is 14.0. The van der Waals surface area contributed by atoms with E-state index in [4.69, 9.17) is 21.3 Å². The molecule has 6 rings (SSSR count). The smallest absolute Gasteiger partial charge is 0.410 e. The van der Waals surface area contributed by atoms with Crippen molar-refractivity contribution >= 4 is 55.5 Å². The Balaban J connectivity index is 1.01. The molecule has 2 aromatic rings. The molecular weight excluding hydrogens is 732 g/mol. The Labute approximate surface area is 296 Å². The van der Waals surface area contributed by atoms with E-state index in [9.17, 15) is 9.59 Å². The standard InChI is InChI=1S/C36H47Br2ClN4O3/c1-36(2,3)46-35(45)43-14-8-23(9-15-43)20-31(44)41-16-10-24(11-17-41)25-12-18-42(19-13-25)34-29-6-7-30(39)32(38)28(29)5-4-26-21-27(37)22-40-33(26)34/h6-7,21-25,34H,4-5,8-20H2,1-3H3. The summed E-state index contributed by atoms with van der Waals surface area (Å²) in [4.78, 5) is 37.2. The molecule has 1 atom stereocenters. The van der Waals surface area contributed by atoms with Crippen molar-refractivity contribution in [3.8, 4) is 0 Å². The van der Waals surface area contributed by atoms with Crippen LogP contribution in [0.25, 0.3) is 0 Å². The molecule has 3 fully saturated rings. The van der Waals surface area contributed by atoms with Crippen LogP contribution in [0, 0.1) is 17.8 Å². The van der Waals surface area contributed by atoms with Crippen molar-refractivity contribution in [2.45, 2.75) is 90.2 Å². The number of halogens is 3. The van der Waals surface area contributed by atoms with Gasteiger partial charge < -0.3 is 14.5 Å². The van der Waals surface area contributed by atoms with E-state index in [1.165, 1.54) is 35.2 Å². The van der Waals surface area contributed by atoms with Gasteiger partial charge in [-0.2, -0.15) is 0 Å². The number of pyridine rings is 1. The van der Waals surface area contributed by atoms with Gasteiger partial charge in [0.15, 0.2) is 0 Å². The lowest BCUT2D eigenvalue weighted by Gasteiger charge is -2.43. The van der Waals surface area contributed by atoms with Crippen molar-refractivity contribution in [1.29, 1.82) is 0 Å². The molecule has 0 radical (unpaired) electrons. The monoisotopic (exact) mass is 776 g/mol. The topological polar surface area (TPSA) is 66.0 Å². The number of likely N-dealkylation sites (tertiary alicyclic amines) is 3. The zero-order valence-corrected chi connectivity index (χ0v) is 31.3. The highest BCUT2D eigenvalue weighted by Gasteiger charge is 2.37. The molecule has 0 spiro atoms. The normalized spacial score (nSPS) is 22.3. The van der Waals surface area contributed by atoms with E-state index in [1.54, 1.807) is 4.90 Å². The van der Waals surface area contributed by atoms with Gasteiger partial charge >= 0.3 is 6.09 Å². The Hall–Kier alpha value is -1.68. The zero-order chi connectivity index (χ0) is 32.6. The highest BCUT2D eigenvalue weighted by atomic mass is 79.9. The molecule has 1 aliphatic carbocycles. The maximum Gasteiger partial charge on any atom is 0.410 e. The highest BCUT2D eigenvalue weighted by molar-refractivity contribution is 9.10. The molecule has 1 unspecified atom stereocenters. The first-order valence-corrected chi connectivity index (χ1v) is 19.0. The van der Waals surface area contributed by atoms with Crippen molar-refractivity contribution in [3.63, 3.8) is 0 Å². The molecule has 1 aromatic heterocycles. The van der Waals surface area contributed by atoms with Crippen molar-refractivity contribution < 1.29 is 14.3 Å². The van der Waals surface area contributed by atoms with E-state index in [0.29, 0.717) is 43.2 Å². The first-order valence-electron chi connectivity index (χ1n) is 17.1. The number of benzene rings is 1. The maximum absolute atomic E-state index is 13.3. The van der Waals surface area contributed by atoms with Gasteiger partial charge in [0.05, 0.1) is 16.8 Å². The summed E-state index contributed by atoms with van der Waals surface area (Å²) in [6, 6.07) is 6.61. The average Bonchev–Trinajstić information content (AvgIpc) is 3.19. The van der Waals surface area contributed by atoms with Crippen LogP contribution in [0.5, 0.6) is 0 Å². The van der Waals surface area contributed by atoms with Crippen molar-refractivity contribution in [3.05, 3.63) is 60.7 Å². The predicted molar refractivity (Wildman–Crippen MR) is 189 cm³/mol. The Bertz CT molecular complexity index is 1430. The fourth-order valence-corrected chi connectivity index (χ4v) is 9.24. The quantitative estimate of drug-likeness (QED) is 0.312. The molecule has 0 N–H and O–H groups in total. The summed E-state index contributed by atoms with van der Waals surface area (Å²) < 4.78 is 7.58. The molecular formula is C36H47Br2ClN4O3. The number of hydrogen-bond acceptors (Lipinski definition) is 5. The lowest BCUT2D eigenvalue weighted by molar-refractivity contribution is -0.134. The number of fused-ring (bicyclic) bond motifs is 2. The summed E-state index contributed by atoms with van der Waals surface area (Å²) in [6.45, 7) is 10.9. The number of aromatic nitrogens is 1. The van der Waals surface area contributed by atoms with E-state index in [-0.39, 0.29) is 12.1 Å². The van der Waals surface area contributed by atoms with Gasteiger partial charge in [-0.15, -0.1) is 0 Å². The Morgan fingerprint density at radius 3 is 2.20 bits per heavy atom. The SMILES string of the molecule is CC(C)(C)OC(=O)N1CCC(CC(=O)N2CCC(C3CCN(C4c5ccc(Cl)c(Br)c5CCc5cc(Br)cnc54)CC3)CC2)CC1. The third-order valence-electron chi connectivity index (χ3n) is 10.6. The number of ether oxygens (including phenoxy) is 1. The molecule has 3 saturated heterocycles. The largest absolute Gasteiger partial charge is 0.444 e. The Morgan fingerprint density at radius 2 is 1.54 bits per heavy atom. The molecule has 0 saturated carbocycles. The minimum Gasteiger partial charge on any atom is -0.444 e. The van der Waals surface area contributed by atoms with Crippen LogP contribution in [0.15, 0.2) is 33.3 Å². The molecule has 250 valence electrons. The third-order valence-corrected chi connectivity index (χ3v) is 12.5. The maximum atomic E-state index is 13.3. The summed E-state index contributed by atoms with van der Waals surface area (Å²) in [5.74, 6) is 2.02. The van der Waals surface area contributed by atoms with Crippen LogP contribution >= 0.6 is 43.5 Å². The first-order chi connectivity index (χ1) is 22.0. The predicted octanol–water partition coefficient (Wildman–Crippen LogP) is 8.44. The summed E-state index contributed by atoms with van der Waals surface area (Å²) in [7, 11) is 0. The van der Waals surface area contributed by atoms with Crippen LogP contribution in [0.3, 0.4) is 0 Å². The van der Waals surface area contributed by atoms with Gasteiger partial charge in [0.25, 0.3) is 0 Å². The van der Waals surface area contributed by atoms with Gasteiger partial charge in [-0.1, -0.05) is 17.7 Å². The second-order valence-electron chi connectivity index (χ2n) is 14.7. The first kappa shape index (κ1) is 34.2.